The zero-order chi connectivity index (χ0) is 10.5. The summed E-state index contributed by atoms with van der Waals surface area (Å²) in [5.74, 6) is 0. The summed E-state index contributed by atoms with van der Waals surface area (Å²) in [5.41, 5.74) is 1.39. The molecule has 13 heavy (non-hydrogen) atoms. The van der Waals surface area contributed by atoms with E-state index in [0.717, 1.165) is 6.42 Å². The largest absolute Gasteiger partial charge is 0.267 e. The molecule has 0 spiro atoms. The molecular weight excluding hydrogens is 160 g/mol. The number of aromatic nitrogens is 2. The molecule has 0 unspecified atom stereocenters. The molecule has 76 valence electrons. The molecule has 1 rings (SSSR count). The first kappa shape index (κ1) is 12.2. The molecule has 1 aromatic rings. The van der Waals surface area contributed by atoms with E-state index < -0.39 is 0 Å². The summed E-state index contributed by atoms with van der Waals surface area (Å²) in [7, 11) is 0. The zero-order valence-corrected chi connectivity index (χ0v) is 9.76. The summed E-state index contributed by atoms with van der Waals surface area (Å²) >= 11 is 0. The second-order valence-corrected chi connectivity index (χ2v) is 3.63. The Labute approximate surface area is 82.0 Å². The highest BCUT2D eigenvalue weighted by Gasteiger charge is 2.17. The summed E-state index contributed by atoms with van der Waals surface area (Å²) in [5, 5.41) is 4.27. The van der Waals surface area contributed by atoms with Crippen LogP contribution in [0.15, 0.2) is 12.4 Å². The van der Waals surface area contributed by atoms with Gasteiger partial charge in [-0.3, -0.25) is 4.68 Å². The van der Waals surface area contributed by atoms with Crippen molar-refractivity contribution in [2.75, 3.05) is 0 Å². The molecule has 1 aromatic heterocycles. The maximum absolute atomic E-state index is 4.27. The molecule has 0 aliphatic heterocycles. The highest BCUT2D eigenvalue weighted by atomic mass is 15.3. The number of aryl methyl sites for hydroxylation is 1. The molecule has 2 heteroatoms. The van der Waals surface area contributed by atoms with Crippen LogP contribution in [-0.2, 0) is 5.54 Å². The predicted molar refractivity (Wildman–Crippen MR) is 57.9 cm³/mol. The Balaban J connectivity index is 0.000000671. The second kappa shape index (κ2) is 5.05. The van der Waals surface area contributed by atoms with Gasteiger partial charge in [0.15, 0.2) is 0 Å². The van der Waals surface area contributed by atoms with E-state index in [4.69, 9.17) is 0 Å². The third-order valence-corrected chi connectivity index (χ3v) is 2.20. The SMILES string of the molecule is CC.CCC(C)(C)n1cc(C)cn1. The third-order valence-electron chi connectivity index (χ3n) is 2.20. The van der Waals surface area contributed by atoms with Gasteiger partial charge in [0.1, 0.15) is 0 Å². The van der Waals surface area contributed by atoms with Gasteiger partial charge in [-0.15, -0.1) is 0 Å². The normalized spacial score (nSPS) is 10.6. The Hall–Kier alpha value is -0.790. The Morgan fingerprint density at radius 3 is 2.23 bits per heavy atom. The van der Waals surface area contributed by atoms with E-state index >= 15 is 0 Å². The summed E-state index contributed by atoms with van der Waals surface area (Å²) in [6, 6.07) is 0. The Bertz CT molecular complexity index is 236. The van der Waals surface area contributed by atoms with Crippen LogP contribution in [0.3, 0.4) is 0 Å². The van der Waals surface area contributed by atoms with Crippen molar-refractivity contribution in [2.24, 2.45) is 0 Å². The fraction of sp³-hybridized carbons (Fsp3) is 0.727. The average Bonchev–Trinajstić information content (AvgIpc) is 2.56. The van der Waals surface area contributed by atoms with Gasteiger partial charge in [-0.05, 0) is 32.8 Å². The quantitative estimate of drug-likeness (QED) is 0.685. The number of hydrogen-bond acceptors (Lipinski definition) is 1. The van der Waals surface area contributed by atoms with Crippen molar-refractivity contribution in [2.45, 2.75) is 53.5 Å². The summed E-state index contributed by atoms with van der Waals surface area (Å²) in [4.78, 5) is 0. The van der Waals surface area contributed by atoms with Crippen molar-refractivity contribution in [1.82, 2.24) is 9.78 Å². The summed E-state index contributed by atoms with van der Waals surface area (Å²) in [6.07, 6.45) is 5.09. The van der Waals surface area contributed by atoms with Crippen LogP contribution in [-0.4, -0.2) is 9.78 Å². The van der Waals surface area contributed by atoms with Gasteiger partial charge in [-0.2, -0.15) is 5.10 Å². The first-order valence-corrected chi connectivity index (χ1v) is 5.08. The van der Waals surface area contributed by atoms with Crippen molar-refractivity contribution in [3.05, 3.63) is 18.0 Å². The molecule has 0 fully saturated rings. The fourth-order valence-corrected chi connectivity index (χ4v) is 0.906. The molecule has 0 radical (unpaired) electrons. The number of rotatable bonds is 2. The van der Waals surface area contributed by atoms with Crippen LogP contribution in [0, 0.1) is 6.92 Å². The highest BCUT2D eigenvalue weighted by molar-refractivity contribution is 5.01. The molecule has 0 saturated carbocycles. The van der Waals surface area contributed by atoms with Gasteiger partial charge in [0.2, 0.25) is 0 Å². The minimum absolute atomic E-state index is 0.161. The lowest BCUT2D eigenvalue weighted by atomic mass is 10.0. The number of hydrogen-bond donors (Lipinski definition) is 0. The molecule has 1 heterocycles. The maximum Gasteiger partial charge on any atom is 0.0569 e. The van der Waals surface area contributed by atoms with Gasteiger partial charge in [0.25, 0.3) is 0 Å². The predicted octanol–water partition coefficient (Wildman–Crippen LogP) is 3.36. The van der Waals surface area contributed by atoms with E-state index in [1.165, 1.54) is 5.56 Å². The number of nitrogens with zero attached hydrogens (tertiary/aromatic N) is 2. The van der Waals surface area contributed by atoms with Crippen molar-refractivity contribution in [3.8, 4) is 0 Å². The van der Waals surface area contributed by atoms with Gasteiger partial charge in [-0.25, -0.2) is 0 Å². The van der Waals surface area contributed by atoms with Gasteiger partial charge < -0.3 is 0 Å². The fourth-order valence-electron chi connectivity index (χ4n) is 0.906. The molecule has 2 nitrogen and oxygen atoms in total. The van der Waals surface area contributed by atoms with E-state index in [1.807, 2.05) is 24.7 Å². The van der Waals surface area contributed by atoms with Gasteiger partial charge in [0.05, 0.1) is 11.7 Å². The van der Waals surface area contributed by atoms with E-state index in [0.29, 0.717) is 0 Å². The zero-order valence-electron chi connectivity index (χ0n) is 9.76. The molecule has 0 aliphatic rings. The van der Waals surface area contributed by atoms with Crippen LogP contribution in [0.5, 0.6) is 0 Å². The van der Waals surface area contributed by atoms with Crippen molar-refractivity contribution < 1.29 is 0 Å². The standard InChI is InChI=1S/C9H16N2.C2H6/c1-5-9(3,4)11-7-8(2)6-10-11;1-2/h6-7H,5H2,1-4H3;1-2H3. The molecule has 0 atom stereocenters. The Morgan fingerprint density at radius 2 is 1.92 bits per heavy atom. The van der Waals surface area contributed by atoms with Gasteiger partial charge in [-0.1, -0.05) is 20.8 Å². The van der Waals surface area contributed by atoms with Crippen molar-refractivity contribution >= 4 is 0 Å². The Kier molecular flexibility index (Phi) is 4.74. The van der Waals surface area contributed by atoms with Crippen LogP contribution < -0.4 is 0 Å². The minimum Gasteiger partial charge on any atom is -0.267 e. The van der Waals surface area contributed by atoms with Crippen LogP contribution in [0.25, 0.3) is 0 Å². The first-order valence-electron chi connectivity index (χ1n) is 5.08. The van der Waals surface area contributed by atoms with Crippen LogP contribution in [0.1, 0.15) is 46.6 Å². The topological polar surface area (TPSA) is 17.8 Å². The van der Waals surface area contributed by atoms with Gasteiger partial charge >= 0.3 is 0 Å². The Morgan fingerprint density at radius 1 is 1.38 bits per heavy atom. The lowest BCUT2D eigenvalue weighted by molar-refractivity contribution is 0.308. The maximum atomic E-state index is 4.27. The molecule has 0 bridgehead atoms. The molecule has 0 aromatic carbocycles. The molecular formula is C11H22N2. The van der Waals surface area contributed by atoms with Crippen LogP contribution >= 0.6 is 0 Å². The van der Waals surface area contributed by atoms with E-state index in [-0.39, 0.29) is 5.54 Å². The van der Waals surface area contributed by atoms with Gasteiger partial charge in [0, 0.05) is 6.20 Å². The minimum atomic E-state index is 0.161. The van der Waals surface area contributed by atoms with Crippen molar-refractivity contribution in [1.29, 1.82) is 0 Å². The van der Waals surface area contributed by atoms with Crippen LogP contribution in [0.2, 0.25) is 0 Å². The second-order valence-electron chi connectivity index (χ2n) is 3.63. The third kappa shape index (κ3) is 3.21. The highest BCUT2D eigenvalue weighted by Crippen LogP contribution is 2.17. The lowest BCUT2D eigenvalue weighted by Crippen LogP contribution is -2.25. The monoisotopic (exact) mass is 182 g/mol. The van der Waals surface area contributed by atoms with E-state index in [9.17, 15) is 0 Å². The average molecular weight is 182 g/mol. The molecule has 0 amide bonds. The summed E-state index contributed by atoms with van der Waals surface area (Å²) in [6.45, 7) is 12.6. The first-order chi connectivity index (χ1) is 6.06. The lowest BCUT2D eigenvalue weighted by Gasteiger charge is -2.23. The smallest absolute Gasteiger partial charge is 0.0569 e. The van der Waals surface area contributed by atoms with E-state index in [1.54, 1.807) is 0 Å². The van der Waals surface area contributed by atoms with E-state index in [2.05, 4.69) is 39.0 Å². The van der Waals surface area contributed by atoms with Crippen molar-refractivity contribution in [3.63, 3.8) is 0 Å². The molecule has 0 aliphatic carbocycles. The molecule has 0 N–H and O–H groups in total. The summed E-state index contributed by atoms with van der Waals surface area (Å²) < 4.78 is 2.03. The van der Waals surface area contributed by atoms with Crippen LogP contribution in [0.4, 0.5) is 0 Å². The molecule has 0 saturated heterocycles.